The Kier molecular flexibility index (Phi) is 2.67. The van der Waals surface area contributed by atoms with Gasteiger partial charge in [0, 0.05) is 0 Å². The maximum atomic E-state index is 11.5. The second-order valence-corrected chi connectivity index (χ2v) is 3.55. The molecule has 4 nitrogen and oxygen atoms in total. The molecule has 1 unspecified atom stereocenters. The molecule has 0 aliphatic carbocycles. The molecular weight excluding hydrogens is 192 g/mol. The van der Waals surface area contributed by atoms with Crippen LogP contribution in [0.5, 0.6) is 0 Å². The number of benzene rings is 1. The quantitative estimate of drug-likeness (QED) is 0.690. The predicted molar refractivity (Wildman–Crippen MR) is 54.8 cm³/mol. The highest BCUT2D eigenvalue weighted by Gasteiger charge is 2.26. The number of hydrogen-bond acceptors (Lipinski definition) is 2. The molecule has 1 atom stereocenters. The molecule has 1 aromatic rings. The second-order valence-electron chi connectivity index (χ2n) is 3.55. The van der Waals surface area contributed by atoms with Crippen LogP contribution in [0.3, 0.4) is 0 Å². The Balaban J connectivity index is 1.80. The van der Waals surface area contributed by atoms with E-state index >= 15 is 0 Å². The molecule has 0 saturated carbocycles. The maximum Gasteiger partial charge on any atom is 0.226 e. The van der Waals surface area contributed by atoms with E-state index in [1.165, 1.54) is 0 Å². The van der Waals surface area contributed by atoms with Gasteiger partial charge in [-0.3, -0.25) is 9.59 Å². The molecule has 1 heterocycles. The third kappa shape index (κ3) is 2.56. The number of β-lactam (4-membered cyclic amide) rings is 1. The predicted octanol–water partition coefficient (Wildman–Crippen LogP) is 0.191. The number of carbonyl (C=O) groups excluding carboxylic acids is 2. The fourth-order valence-electron chi connectivity index (χ4n) is 1.47. The number of hydrogen-bond donors (Lipinski definition) is 2. The number of amides is 2. The third-order valence-electron chi connectivity index (χ3n) is 2.27. The Labute approximate surface area is 87.7 Å². The van der Waals surface area contributed by atoms with Gasteiger partial charge in [0.1, 0.15) is 6.17 Å². The van der Waals surface area contributed by atoms with E-state index in [-0.39, 0.29) is 18.0 Å². The van der Waals surface area contributed by atoms with Crippen LogP contribution in [0.25, 0.3) is 0 Å². The highest BCUT2D eigenvalue weighted by Crippen LogP contribution is 2.02. The average molecular weight is 204 g/mol. The first-order chi connectivity index (χ1) is 7.24. The van der Waals surface area contributed by atoms with Crippen LogP contribution < -0.4 is 10.6 Å². The lowest BCUT2D eigenvalue weighted by Crippen LogP contribution is -2.58. The highest BCUT2D eigenvalue weighted by molar-refractivity contribution is 5.86. The third-order valence-corrected chi connectivity index (χ3v) is 2.27. The molecular formula is C11H12N2O2. The van der Waals surface area contributed by atoms with E-state index in [2.05, 4.69) is 10.6 Å². The first kappa shape index (κ1) is 9.71. The summed E-state index contributed by atoms with van der Waals surface area (Å²) in [4.78, 5) is 22.0. The smallest absolute Gasteiger partial charge is 0.226 e. The molecule has 78 valence electrons. The lowest BCUT2D eigenvalue weighted by Gasteiger charge is -2.27. The van der Waals surface area contributed by atoms with Gasteiger partial charge in [-0.1, -0.05) is 30.3 Å². The van der Waals surface area contributed by atoms with Crippen LogP contribution in [0.1, 0.15) is 12.0 Å². The van der Waals surface area contributed by atoms with Gasteiger partial charge in [0.2, 0.25) is 11.8 Å². The summed E-state index contributed by atoms with van der Waals surface area (Å²) in [6.07, 6.45) is 0.571. The summed E-state index contributed by atoms with van der Waals surface area (Å²) in [7, 11) is 0. The Morgan fingerprint density at radius 3 is 2.67 bits per heavy atom. The van der Waals surface area contributed by atoms with Crippen molar-refractivity contribution in [3.8, 4) is 0 Å². The van der Waals surface area contributed by atoms with Crippen LogP contribution in [-0.4, -0.2) is 18.0 Å². The van der Waals surface area contributed by atoms with Gasteiger partial charge in [-0.25, -0.2) is 0 Å². The lowest BCUT2D eigenvalue weighted by molar-refractivity contribution is -0.131. The molecule has 15 heavy (non-hydrogen) atoms. The summed E-state index contributed by atoms with van der Waals surface area (Å²) >= 11 is 0. The van der Waals surface area contributed by atoms with Crippen LogP contribution in [0.4, 0.5) is 0 Å². The maximum absolute atomic E-state index is 11.5. The highest BCUT2D eigenvalue weighted by atomic mass is 16.2. The van der Waals surface area contributed by atoms with Crippen LogP contribution in [0.2, 0.25) is 0 Å². The molecule has 4 heteroatoms. The van der Waals surface area contributed by atoms with Crippen molar-refractivity contribution >= 4 is 11.8 Å². The molecule has 1 aliphatic heterocycles. The summed E-state index contributed by atoms with van der Waals surface area (Å²) in [5.74, 6) is -0.0776. The minimum atomic E-state index is -0.172. The largest absolute Gasteiger partial charge is 0.335 e. The first-order valence-corrected chi connectivity index (χ1v) is 4.87. The fraction of sp³-hybridized carbons (Fsp3) is 0.273. The van der Waals surface area contributed by atoms with Crippen LogP contribution in [0.15, 0.2) is 30.3 Å². The molecule has 1 aromatic carbocycles. The van der Waals surface area contributed by atoms with Crippen LogP contribution in [0, 0.1) is 0 Å². The monoisotopic (exact) mass is 204 g/mol. The van der Waals surface area contributed by atoms with Crippen molar-refractivity contribution in [1.82, 2.24) is 10.6 Å². The Morgan fingerprint density at radius 2 is 2.07 bits per heavy atom. The normalized spacial score (nSPS) is 18.9. The van der Waals surface area contributed by atoms with Crippen molar-refractivity contribution in [1.29, 1.82) is 0 Å². The van der Waals surface area contributed by atoms with Gasteiger partial charge in [0.25, 0.3) is 0 Å². The standard InChI is InChI=1S/C11H12N2O2/c14-10(12-9-7-11(15)13-9)6-8-4-2-1-3-5-8/h1-5,9H,6-7H2,(H,12,14)(H,13,15). The number of carbonyl (C=O) groups is 2. The topological polar surface area (TPSA) is 58.2 Å². The molecule has 0 bridgehead atoms. The summed E-state index contributed by atoms with van der Waals surface area (Å²) in [6.45, 7) is 0. The van der Waals surface area contributed by atoms with Crippen molar-refractivity contribution in [2.24, 2.45) is 0 Å². The zero-order valence-corrected chi connectivity index (χ0v) is 8.19. The fourth-order valence-corrected chi connectivity index (χ4v) is 1.47. The summed E-state index contributed by atoms with van der Waals surface area (Å²) in [5.41, 5.74) is 0.973. The van der Waals surface area contributed by atoms with Gasteiger partial charge in [-0.15, -0.1) is 0 Å². The second kappa shape index (κ2) is 4.13. The van der Waals surface area contributed by atoms with E-state index in [0.29, 0.717) is 12.8 Å². The lowest BCUT2D eigenvalue weighted by atomic mass is 10.1. The van der Waals surface area contributed by atoms with Gasteiger partial charge < -0.3 is 10.6 Å². The number of nitrogens with one attached hydrogen (secondary N) is 2. The van der Waals surface area contributed by atoms with Gasteiger partial charge in [-0.2, -0.15) is 0 Å². The molecule has 1 aliphatic rings. The minimum Gasteiger partial charge on any atom is -0.335 e. The molecule has 2 amide bonds. The molecule has 2 rings (SSSR count). The Bertz CT molecular complexity index is 367. The molecule has 0 aromatic heterocycles. The molecule has 0 radical (unpaired) electrons. The first-order valence-electron chi connectivity index (χ1n) is 4.87. The van der Waals surface area contributed by atoms with E-state index in [9.17, 15) is 9.59 Å². The molecule has 1 saturated heterocycles. The summed E-state index contributed by atoms with van der Waals surface area (Å²) < 4.78 is 0. The van der Waals surface area contributed by atoms with Gasteiger partial charge in [0.05, 0.1) is 12.8 Å². The SMILES string of the molecule is O=C(Cc1ccccc1)NC1CC(=O)N1. The van der Waals surface area contributed by atoms with E-state index < -0.39 is 0 Å². The van der Waals surface area contributed by atoms with Crippen molar-refractivity contribution in [3.05, 3.63) is 35.9 Å². The number of rotatable bonds is 3. The molecule has 2 N–H and O–H groups in total. The minimum absolute atomic E-state index is 0.0139. The van der Waals surface area contributed by atoms with Gasteiger partial charge >= 0.3 is 0 Å². The zero-order valence-electron chi connectivity index (χ0n) is 8.19. The van der Waals surface area contributed by atoms with Crippen molar-refractivity contribution in [2.45, 2.75) is 19.0 Å². The zero-order chi connectivity index (χ0) is 10.7. The van der Waals surface area contributed by atoms with E-state index in [1.807, 2.05) is 30.3 Å². The molecule has 1 fully saturated rings. The van der Waals surface area contributed by atoms with Gasteiger partial charge in [0.15, 0.2) is 0 Å². The molecule has 0 spiro atoms. The van der Waals surface area contributed by atoms with Crippen molar-refractivity contribution in [2.75, 3.05) is 0 Å². The van der Waals surface area contributed by atoms with Crippen LogP contribution in [-0.2, 0) is 16.0 Å². The van der Waals surface area contributed by atoms with E-state index in [1.54, 1.807) is 0 Å². The van der Waals surface area contributed by atoms with Crippen LogP contribution >= 0.6 is 0 Å². The van der Waals surface area contributed by atoms with Gasteiger partial charge in [-0.05, 0) is 5.56 Å². The summed E-state index contributed by atoms with van der Waals surface area (Å²) in [5, 5.41) is 5.31. The van der Waals surface area contributed by atoms with Crippen molar-refractivity contribution in [3.63, 3.8) is 0 Å². The van der Waals surface area contributed by atoms with Crippen molar-refractivity contribution < 1.29 is 9.59 Å². The Morgan fingerprint density at radius 1 is 1.40 bits per heavy atom. The summed E-state index contributed by atoms with van der Waals surface area (Å²) in [6, 6.07) is 9.51. The van der Waals surface area contributed by atoms with E-state index in [4.69, 9.17) is 0 Å². The average Bonchev–Trinajstić information content (AvgIpc) is 2.17. The van der Waals surface area contributed by atoms with E-state index in [0.717, 1.165) is 5.56 Å². The Hall–Kier alpha value is -1.84.